The van der Waals surface area contributed by atoms with Crippen molar-refractivity contribution in [1.82, 2.24) is 19.6 Å². The highest BCUT2D eigenvalue weighted by molar-refractivity contribution is 5.42. The lowest BCUT2D eigenvalue weighted by Gasteiger charge is -2.56. The van der Waals surface area contributed by atoms with E-state index in [-0.39, 0.29) is 35.0 Å². The van der Waals surface area contributed by atoms with E-state index in [0.717, 1.165) is 11.8 Å². The monoisotopic (exact) mass is 881 g/mol. The molecule has 0 saturated carbocycles. The van der Waals surface area contributed by atoms with E-state index in [1.165, 1.54) is 30.4 Å². The number of rotatable bonds is 0. The van der Waals surface area contributed by atoms with Crippen LogP contribution in [0.1, 0.15) is 239 Å². The Bertz CT molecular complexity index is 1570. The summed E-state index contributed by atoms with van der Waals surface area (Å²) < 4.78 is 0. The lowest BCUT2D eigenvalue weighted by atomic mass is 9.65. The minimum Gasteiger partial charge on any atom is -0.296 e. The molecule has 4 aliphatic rings. The van der Waals surface area contributed by atoms with Crippen LogP contribution in [-0.2, 0) is 11.1 Å². The van der Waals surface area contributed by atoms with Gasteiger partial charge in [-0.1, -0.05) is 128 Å². The van der Waals surface area contributed by atoms with Crippen LogP contribution in [0.5, 0.6) is 0 Å². The number of piperidine rings is 1. The second-order valence-corrected chi connectivity index (χ2v) is 29.6. The minimum atomic E-state index is 0. The summed E-state index contributed by atoms with van der Waals surface area (Å²) >= 11 is 0. The first-order valence-electron chi connectivity index (χ1n) is 24.6. The molecule has 63 heavy (non-hydrogen) atoms. The number of fused-ring (bicyclic) bond motifs is 1. The highest BCUT2D eigenvalue weighted by atomic mass is 15.3. The third-order valence-electron chi connectivity index (χ3n) is 16.5. The number of hydrogen-bond acceptors (Lipinski definition) is 4. The van der Waals surface area contributed by atoms with Gasteiger partial charge in [-0.15, -0.1) is 0 Å². The molecular formula is C59H116N4. The highest BCUT2D eigenvalue weighted by Gasteiger charge is 2.53. The zero-order chi connectivity index (χ0) is 49.9. The van der Waals surface area contributed by atoms with Crippen molar-refractivity contribution < 1.29 is 0 Å². The number of hydrogen-bond donors (Lipinski definition) is 0. The Kier molecular flexibility index (Phi) is 19.1. The Labute approximate surface area is 398 Å². The summed E-state index contributed by atoms with van der Waals surface area (Å²) in [5.41, 5.74) is 8.11. The lowest BCUT2D eigenvalue weighted by Crippen LogP contribution is -2.60. The van der Waals surface area contributed by atoms with Gasteiger partial charge in [-0.25, -0.2) is 0 Å². The molecule has 0 N–H and O–H groups in total. The summed E-state index contributed by atoms with van der Waals surface area (Å²) in [6.07, 6.45) is 6.37. The Morgan fingerprint density at radius 1 is 0.444 bits per heavy atom. The lowest BCUT2D eigenvalue weighted by molar-refractivity contribution is -0.0565. The third-order valence-corrected chi connectivity index (χ3v) is 16.5. The quantitative estimate of drug-likeness (QED) is 0.241. The van der Waals surface area contributed by atoms with Crippen molar-refractivity contribution in [3.63, 3.8) is 0 Å². The molecule has 0 aliphatic carbocycles. The summed E-state index contributed by atoms with van der Waals surface area (Å²) in [4.78, 5) is 10.0. The van der Waals surface area contributed by atoms with Gasteiger partial charge in [0.15, 0.2) is 0 Å². The fourth-order valence-corrected chi connectivity index (χ4v) is 11.5. The van der Waals surface area contributed by atoms with Crippen LogP contribution < -0.4 is 0 Å². The first kappa shape index (κ1) is 61.8. The van der Waals surface area contributed by atoms with Gasteiger partial charge in [-0.2, -0.15) is 0 Å². The van der Waals surface area contributed by atoms with Crippen LogP contribution in [0.25, 0.3) is 0 Å². The van der Waals surface area contributed by atoms with E-state index < -0.39 is 0 Å². The fraction of sp³-hybridized carbons (Fsp3) is 0.864. The predicted molar refractivity (Wildman–Crippen MR) is 287 cm³/mol. The molecule has 4 aliphatic heterocycles. The number of benzene rings is 1. The van der Waals surface area contributed by atoms with Crippen LogP contribution in [-0.4, -0.2) is 81.0 Å². The molecule has 1 atom stereocenters. The topological polar surface area (TPSA) is 13.0 Å². The molecule has 4 heterocycles. The van der Waals surface area contributed by atoms with E-state index in [1.807, 2.05) is 0 Å². The normalized spacial score (nSPS) is 25.9. The van der Waals surface area contributed by atoms with Gasteiger partial charge in [0.1, 0.15) is 0 Å². The van der Waals surface area contributed by atoms with Gasteiger partial charge in [0.05, 0.1) is 0 Å². The average Bonchev–Trinajstić information content (AvgIpc) is 3.40. The predicted octanol–water partition coefficient (Wildman–Crippen LogP) is 16.7. The maximum atomic E-state index is 2.56. The van der Waals surface area contributed by atoms with Crippen molar-refractivity contribution in [3.05, 3.63) is 47.0 Å². The van der Waals surface area contributed by atoms with E-state index in [0.29, 0.717) is 38.4 Å². The first-order chi connectivity index (χ1) is 26.8. The molecule has 0 spiro atoms. The van der Waals surface area contributed by atoms with E-state index in [4.69, 9.17) is 0 Å². The summed E-state index contributed by atoms with van der Waals surface area (Å²) in [6.45, 7) is 67.3. The van der Waals surface area contributed by atoms with Crippen molar-refractivity contribution in [3.8, 4) is 0 Å². The van der Waals surface area contributed by atoms with Crippen LogP contribution in [0.15, 0.2) is 35.9 Å². The molecule has 2 saturated heterocycles. The maximum Gasteiger partial charge on any atom is 0.0413 e. The summed E-state index contributed by atoms with van der Waals surface area (Å²) in [6, 6.07) is 8.77. The highest BCUT2D eigenvalue weighted by Crippen LogP contribution is 2.52. The van der Waals surface area contributed by atoms with Gasteiger partial charge in [0.25, 0.3) is 0 Å². The van der Waals surface area contributed by atoms with Gasteiger partial charge in [-0.05, 0) is 208 Å². The van der Waals surface area contributed by atoms with Crippen molar-refractivity contribution in [1.29, 1.82) is 0 Å². The molecule has 0 aromatic heterocycles. The summed E-state index contributed by atoms with van der Waals surface area (Å²) in [5.74, 6) is 1.61. The molecule has 372 valence electrons. The van der Waals surface area contributed by atoms with E-state index in [9.17, 15) is 0 Å². The number of likely N-dealkylation sites (tertiary alicyclic amines) is 2. The zero-order valence-corrected chi connectivity index (χ0v) is 48.5. The number of likely N-dealkylation sites (N-methyl/N-ethyl adjacent to an activating group) is 1. The first-order valence-corrected chi connectivity index (χ1v) is 24.6. The smallest absolute Gasteiger partial charge is 0.0413 e. The maximum absolute atomic E-state index is 2.56. The molecule has 0 radical (unpaired) electrons. The molecule has 0 amide bonds. The van der Waals surface area contributed by atoms with Gasteiger partial charge in [0, 0.05) is 44.3 Å². The third kappa shape index (κ3) is 14.6. The molecule has 2 fully saturated rings. The Morgan fingerprint density at radius 3 is 0.984 bits per heavy atom. The molecule has 4 heteroatoms. The largest absolute Gasteiger partial charge is 0.296 e. The van der Waals surface area contributed by atoms with Crippen LogP contribution in [0.4, 0.5) is 0 Å². The summed E-state index contributed by atoms with van der Waals surface area (Å²) in [7, 11) is 8.97. The molecule has 0 bridgehead atoms. The van der Waals surface area contributed by atoms with Gasteiger partial charge >= 0.3 is 0 Å². The minimum absolute atomic E-state index is 0. The second kappa shape index (κ2) is 19.4. The van der Waals surface area contributed by atoms with Gasteiger partial charge in [0.2, 0.25) is 0 Å². The van der Waals surface area contributed by atoms with E-state index in [2.05, 4.69) is 279 Å². The van der Waals surface area contributed by atoms with Crippen LogP contribution in [0.2, 0.25) is 0 Å². The fourth-order valence-electron chi connectivity index (χ4n) is 11.5. The Morgan fingerprint density at radius 2 is 0.778 bits per heavy atom. The molecule has 4 nitrogen and oxygen atoms in total. The molecule has 5 rings (SSSR count). The van der Waals surface area contributed by atoms with Crippen molar-refractivity contribution in [2.24, 2.45) is 33.5 Å². The van der Waals surface area contributed by atoms with E-state index >= 15 is 0 Å². The van der Waals surface area contributed by atoms with E-state index in [1.54, 1.807) is 5.57 Å². The van der Waals surface area contributed by atoms with Crippen molar-refractivity contribution in [2.45, 2.75) is 272 Å². The average molecular weight is 882 g/mol. The number of nitrogens with zero attached hydrogens (tertiary/aromatic N) is 4. The SMILES string of the molecule is C.CC(C)(C)C.CN1C(C)(C)C=C(C(C)(C)C)C1(C)C.CN1C(C)(C)CC(C(C)(C)C)C1(C)C.CN1C(C)(C)CC(C(C)(C)C)CC1(C)C.CN1C(C)(C)c2ccccc2C1(C)C. The standard InChI is InChI=1S/C14H29N.C13H19N.C13H27N.C13H25N.C5H12.CH4/c1-12(2,3)11-9-13(4,5)15(8)14(6,7)10-11;1-12(2)10-8-6-7-9-11(10)13(3,4)14(12)5;2*1-11(2,3)10-9-12(4,5)14(8)13(10,6)7;1-5(2,3)4;/h11H,9-10H2,1-8H3;6-9H,1-5H3;10H,9H2,1-8H3;9H,1-8H3;1-4H3;1H4. The van der Waals surface area contributed by atoms with Crippen molar-refractivity contribution in [2.75, 3.05) is 28.2 Å². The van der Waals surface area contributed by atoms with Gasteiger partial charge in [-0.3, -0.25) is 19.6 Å². The summed E-state index contributed by atoms with van der Waals surface area (Å²) in [5, 5.41) is 0. The Hall–Kier alpha value is -1.20. The van der Waals surface area contributed by atoms with Gasteiger partial charge < -0.3 is 0 Å². The van der Waals surface area contributed by atoms with Crippen LogP contribution in [0, 0.1) is 33.5 Å². The molecule has 1 aromatic rings. The molecule has 1 unspecified atom stereocenters. The Balaban J connectivity index is 0.000000781. The van der Waals surface area contributed by atoms with Crippen LogP contribution >= 0.6 is 0 Å². The van der Waals surface area contributed by atoms with Crippen molar-refractivity contribution >= 4 is 0 Å². The molecular weight excluding hydrogens is 765 g/mol. The van der Waals surface area contributed by atoms with Crippen LogP contribution in [0.3, 0.4) is 0 Å². The zero-order valence-electron chi connectivity index (χ0n) is 48.5. The molecule has 1 aromatic carbocycles. The second-order valence-electron chi connectivity index (χ2n) is 29.6.